The average molecular weight is 423 g/mol. The zero-order valence-corrected chi connectivity index (χ0v) is 18.1. The third-order valence-electron chi connectivity index (χ3n) is 5.01. The first-order valence-electron chi connectivity index (χ1n) is 9.88. The molecule has 0 aliphatic carbocycles. The molecule has 0 atom stereocenters. The van der Waals surface area contributed by atoms with Crippen LogP contribution in [-0.2, 0) is 0 Å². The molecule has 0 aliphatic heterocycles. The van der Waals surface area contributed by atoms with Crippen molar-refractivity contribution in [2.45, 2.75) is 39.8 Å². The zero-order chi connectivity index (χ0) is 21.4. The van der Waals surface area contributed by atoms with Crippen LogP contribution in [0.3, 0.4) is 0 Å². The van der Waals surface area contributed by atoms with Crippen molar-refractivity contribution in [3.05, 3.63) is 59.9 Å². The second-order valence-electron chi connectivity index (χ2n) is 7.71. The molecular weight excluding hydrogens is 400 g/mol. The van der Waals surface area contributed by atoms with Crippen molar-refractivity contribution in [1.82, 2.24) is 19.7 Å². The van der Waals surface area contributed by atoms with Gasteiger partial charge >= 0.3 is 6.09 Å². The monoisotopic (exact) mass is 422 g/mol. The van der Waals surface area contributed by atoms with Gasteiger partial charge in [-0.2, -0.15) is 0 Å². The molecule has 0 bridgehead atoms. The lowest BCUT2D eigenvalue weighted by Gasteiger charge is -2.29. The molecule has 0 saturated carbocycles. The van der Waals surface area contributed by atoms with Gasteiger partial charge in [-0.3, -0.25) is 4.98 Å². The van der Waals surface area contributed by atoms with E-state index in [1.165, 1.54) is 0 Å². The van der Waals surface area contributed by atoms with Crippen LogP contribution in [0.1, 0.15) is 27.7 Å². The Morgan fingerprint density at radius 3 is 2.40 bits per heavy atom. The highest BCUT2D eigenvalue weighted by molar-refractivity contribution is 6.31. The fourth-order valence-electron chi connectivity index (χ4n) is 3.79. The number of pyridine rings is 1. The molecular formula is C23H23ClN4O2. The predicted octanol–water partition coefficient (Wildman–Crippen LogP) is 5.84. The topological polar surface area (TPSA) is 60.3 Å². The van der Waals surface area contributed by atoms with Gasteiger partial charge in [-0.15, -0.1) is 5.10 Å². The van der Waals surface area contributed by atoms with E-state index in [0.717, 1.165) is 27.4 Å². The highest BCUT2D eigenvalue weighted by atomic mass is 35.5. The van der Waals surface area contributed by atoms with E-state index < -0.39 is 6.09 Å². The number of benzene rings is 2. The van der Waals surface area contributed by atoms with E-state index in [4.69, 9.17) is 16.3 Å². The Morgan fingerprint density at radius 1 is 1.03 bits per heavy atom. The van der Waals surface area contributed by atoms with E-state index in [0.29, 0.717) is 5.02 Å². The molecule has 6 nitrogen and oxygen atoms in total. The van der Waals surface area contributed by atoms with Crippen LogP contribution in [0.5, 0.6) is 5.88 Å². The van der Waals surface area contributed by atoms with Crippen LogP contribution in [0.15, 0.2) is 54.9 Å². The Hall–Kier alpha value is -3.12. The number of rotatable bonds is 4. The molecule has 0 N–H and O–H groups in total. The van der Waals surface area contributed by atoms with Crippen LogP contribution < -0.4 is 4.74 Å². The van der Waals surface area contributed by atoms with Gasteiger partial charge in [-0.25, -0.2) is 9.48 Å². The maximum Gasteiger partial charge on any atom is 0.417 e. The summed E-state index contributed by atoms with van der Waals surface area (Å²) in [5, 5.41) is 7.94. The number of carbonyl (C=O) groups excluding carboxylic acids is 1. The minimum absolute atomic E-state index is 0.00148. The Kier molecular flexibility index (Phi) is 5.35. The van der Waals surface area contributed by atoms with Gasteiger partial charge in [0.1, 0.15) is 0 Å². The van der Waals surface area contributed by atoms with Crippen molar-refractivity contribution >= 4 is 39.4 Å². The molecule has 0 radical (unpaired) electrons. The number of nitrogens with zero attached hydrogens (tertiary/aromatic N) is 4. The van der Waals surface area contributed by atoms with E-state index >= 15 is 0 Å². The number of halogens is 1. The molecule has 0 saturated heterocycles. The molecule has 0 spiro atoms. The number of aromatic nitrogens is 3. The lowest BCUT2D eigenvalue weighted by atomic mass is 10.1. The second kappa shape index (κ2) is 7.95. The largest absolute Gasteiger partial charge is 0.417 e. The molecule has 4 aromatic rings. The van der Waals surface area contributed by atoms with Gasteiger partial charge in [-0.05, 0) is 68.8 Å². The lowest BCUT2D eigenvalue weighted by Crippen LogP contribution is -2.43. The standard InChI is InChI=1S/C23H23ClN4O2/c1-14(2)27(15(3)4)23(29)30-22-21-19-7-6-17(24)13-16(19)5-8-20(21)28(26-22)18-9-11-25-12-10-18/h5-15H,1-4H3. The molecule has 0 fully saturated rings. The molecule has 0 unspecified atom stereocenters. The van der Waals surface area contributed by atoms with Gasteiger partial charge in [0.25, 0.3) is 5.88 Å². The fraction of sp³-hybridized carbons (Fsp3) is 0.261. The number of carbonyl (C=O) groups is 1. The van der Waals surface area contributed by atoms with Crippen molar-refractivity contribution in [3.8, 4) is 11.6 Å². The van der Waals surface area contributed by atoms with Gasteiger partial charge in [0.2, 0.25) is 0 Å². The number of ether oxygens (including phenoxy) is 1. The fourth-order valence-corrected chi connectivity index (χ4v) is 3.97. The highest BCUT2D eigenvalue weighted by Gasteiger charge is 2.25. The Balaban J connectivity index is 1.92. The quantitative estimate of drug-likeness (QED) is 0.414. The first-order chi connectivity index (χ1) is 14.4. The molecule has 154 valence electrons. The maximum atomic E-state index is 13.0. The van der Waals surface area contributed by atoms with Crippen LogP contribution in [0.4, 0.5) is 4.79 Å². The summed E-state index contributed by atoms with van der Waals surface area (Å²) in [5.74, 6) is 0.269. The van der Waals surface area contributed by atoms with Gasteiger partial charge in [0.05, 0.1) is 16.6 Å². The molecule has 30 heavy (non-hydrogen) atoms. The summed E-state index contributed by atoms with van der Waals surface area (Å²) in [6.45, 7) is 7.86. The minimum Gasteiger partial charge on any atom is -0.389 e. The van der Waals surface area contributed by atoms with Crippen LogP contribution in [0.25, 0.3) is 27.4 Å². The summed E-state index contributed by atoms with van der Waals surface area (Å²) in [5.41, 5.74) is 1.66. The van der Waals surface area contributed by atoms with Crippen molar-refractivity contribution in [1.29, 1.82) is 0 Å². The van der Waals surface area contributed by atoms with E-state index in [2.05, 4.69) is 10.1 Å². The third kappa shape index (κ3) is 3.59. The van der Waals surface area contributed by atoms with E-state index in [1.807, 2.05) is 70.2 Å². The SMILES string of the molecule is CC(C)N(C(=O)Oc1nn(-c2ccncc2)c2ccc3cc(Cl)ccc3c12)C(C)C. The summed E-state index contributed by atoms with van der Waals surface area (Å²) in [6, 6.07) is 13.3. The van der Waals surface area contributed by atoms with Gasteiger partial charge in [0, 0.05) is 29.5 Å². The minimum atomic E-state index is -0.424. The second-order valence-corrected chi connectivity index (χ2v) is 8.15. The molecule has 7 heteroatoms. The normalized spacial score (nSPS) is 11.6. The van der Waals surface area contributed by atoms with Crippen molar-refractivity contribution < 1.29 is 9.53 Å². The van der Waals surface area contributed by atoms with Gasteiger partial charge < -0.3 is 9.64 Å². The summed E-state index contributed by atoms with van der Waals surface area (Å²) in [7, 11) is 0. The zero-order valence-electron chi connectivity index (χ0n) is 17.3. The Bertz CT molecular complexity index is 1210. The number of hydrogen-bond donors (Lipinski definition) is 0. The molecule has 4 rings (SSSR count). The Labute approximate surface area is 180 Å². The number of hydrogen-bond acceptors (Lipinski definition) is 4. The summed E-state index contributed by atoms with van der Waals surface area (Å²) in [4.78, 5) is 18.8. The third-order valence-corrected chi connectivity index (χ3v) is 5.24. The van der Waals surface area contributed by atoms with Gasteiger partial charge in [0.15, 0.2) is 0 Å². The molecule has 2 heterocycles. The van der Waals surface area contributed by atoms with Crippen molar-refractivity contribution in [2.24, 2.45) is 0 Å². The van der Waals surface area contributed by atoms with Crippen LogP contribution >= 0.6 is 11.6 Å². The maximum absolute atomic E-state index is 13.0. The van der Waals surface area contributed by atoms with Crippen molar-refractivity contribution in [3.63, 3.8) is 0 Å². The molecule has 0 aliphatic rings. The summed E-state index contributed by atoms with van der Waals surface area (Å²) < 4.78 is 7.63. The summed E-state index contributed by atoms with van der Waals surface area (Å²) >= 11 is 6.19. The first kappa shape index (κ1) is 20.2. The number of fused-ring (bicyclic) bond motifs is 3. The van der Waals surface area contributed by atoms with Crippen LogP contribution in [0.2, 0.25) is 5.02 Å². The Morgan fingerprint density at radius 2 is 1.73 bits per heavy atom. The van der Waals surface area contributed by atoms with Crippen LogP contribution in [0, 0.1) is 0 Å². The predicted molar refractivity (Wildman–Crippen MR) is 120 cm³/mol. The lowest BCUT2D eigenvalue weighted by molar-refractivity contribution is 0.121. The van der Waals surface area contributed by atoms with Gasteiger partial charge in [-0.1, -0.05) is 23.7 Å². The van der Waals surface area contributed by atoms with E-state index in [1.54, 1.807) is 22.0 Å². The molecule has 1 amide bonds. The first-order valence-corrected chi connectivity index (χ1v) is 10.3. The molecule has 2 aromatic heterocycles. The number of amides is 1. The van der Waals surface area contributed by atoms with Crippen LogP contribution in [-0.4, -0.2) is 37.8 Å². The van der Waals surface area contributed by atoms with E-state index in [9.17, 15) is 4.79 Å². The molecule has 2 aromatic carbocycles. The smallest absolute Gasteiger partial charge is 0.389 e. The highest BCUT2D eigenvalue weighted by Crippen LogP contribution is 2.35. The van der Waals surface area contributed by atoms with E-state index in [-0.39, 0.29) is 18.0 Å². The summed E-state index contributed by atoms with van der Waals surface area (Å²) in [6.07, 6.45) is 2.98. The van der Waals surface area contributed by atoms with Crippen molar-refractivity contribution in [2.75, 3.05) is 0 Å². The average Bonchev–Trinajstić information content (AvgIpc) is 3.06.